The number of ether oxygens (including phenoxy) is 1. The number of imidazole rings is 1. The molecule has 1 fully saturated rings. The lowest BCUT2D eigenvalue weighted by atomic mass is 9.89. The van der Waals surface area contributed by atoms with E-state index >= 15 is 0 Å². The van der Waals surface area contributed by atoms with Gasteiger partial charge in [0.05, 0.1) is 23.0 Å². The van der Waals surface area contributed by atoms with Gasteiger partial charge in [-0.3, -0.25) is 0 Å². The first-order chi connectivity index (χ1) is 12.2. The zero-order valence-corrected chi connectivity index (χ0v) is 16.1. The van der Waals surface area contributed by atoms with Crippen LogP contribution in [0.25, 0.3) is 11.0 Å². The second-order valence-corrected chi connectivity index (χ2v) is 7.88. The highest BCUT2D eigenvalue weighted by Crippen LogP contribution is 2.33. The largest absolute Gasteiger partial charge is 0.485 e. The van der Waals surface area contributed by atoms with Crippen molar-refractivity contribution in [3.05, 3.63) is 24.5 Å². The number of aromatic nitrogens is 2. The van der Waals surface area contributed by atoms with Gasteiger partial charge in [0.2, 0.25) is 0 Å². The predicted molar refractivity (Wildman–Crippen MR) is 103 cm³/mol. The summed E-state index contributed by atoms with van der Waals surface area (Å²) in [7, 11) is 0. The van der Waals surface area contributed by atoms with E-state index in [9.17, 15) is 5.11 Å². The normalized spacial score (nSPS) is 16.1. The molecule has 1 aromatic heterocycles. The molecule has 143 valence electrons. The van der Waals surface area contributed by atoms with Crippen LogP contribution in [0.5, 0.6) is 5.75 Å². The van der Waals surface area contributed by atoms with Crippen molar-refractivity contribution in [2.24, 2.45) is 0 Å². The van der Waals surface area contributed by atoms with Crippen LogP contribution >= 0.6 is 0 Å². The van der Waals surface area contributed by atoms with Gasteiger partial charge in [-0.05, 0) is 52.7 Å². The van der Waals surface area contributed by atoms with E-state index in [1.165, 1.54) is 37.6 Å². The first-order valence-corrected chi connectivity index (χ1v) is 9.17. The van der Waals surface area contributed by atoms with Crippen molar-refractivity contribution in [3.63, 3.8) is 0 Å². The van der Waals surface area contributed by atoms with Gasteiger partial charge >= 0.3 is 7.69 Å². The summed E-state index contributed by atoms with van der Waals surface area (Å²) in [6.45, 7) is 7.34. The monoisotopic (exact) mass is 361 g/mol. The molecule has 0 unspecified atom stereocenters. The summed E-state index contributed by atoms with van der Waals surface area (Å²) in [4.78, 5) is 4.57. The summed E-state index contributed by atoms with van der Waals surface area (Å²) in [6.07, 6.45) is 8.43. The summed E-state index contributed by atoms with van der Waals surface area (Å²) < 4.78 is 8.35. The lowest BCUT2D eigenvalue weighted by Crippen LogP contribution is -2.49. The quantitative estimate of drug-likeness (QED) is 0.729. The molecule has 3 rings (SSSR count). The van der Waals surface area contributed by atoms with Gasteiger partial charge in [0.15, 0.2) is 0 Å². The predicted octanol–water partition coefficient (Wildman–Crippen LogP) is 2.98. The van der Waals surface area contributed by atoms with Crippen molar-refractivity contribution in [2.45, 2.75) is 77.0 Å². The second-order valence-electron chi connectivity index (χ2n) is 7.88. The average Bonchev–Trinajstić information content (AvgIpc) is 2.98. The Kier molecular flexibility index (Phi) is 6.72. The topological polar surface area (TPSA) is 87.7 Å². The molecule has 0 aliphatic heterocycles. The summed E-state index contributed by atoms with van der Waals surface area (Å²) in [5.74, 6) is 0.749. The van der Waals surface area contributed by atoms with Crippen molar-refractivity contribution < 1.29 is 19.9 Å². The van der Waals surface area contributed by atoms with Crippen LogP contribution in [0.2, 0.25) is 0 Å². The lowest BCUT2D eigenvalue weighted by molar-refractivity contribution is -0.0906. The molecule has 6 nitrogen and oxygen atoms in total. The molecule has 1 aliphatic carbocycles. The fourth-order valence-electron chi connectivity index (χ4n) is 3.14. The maximum absolute atomic E-state index is 10.2. The first-order valence-electron chi connectivity index (χ1n) is 9.17. The highest BCUT2D eigenvalue weighted by atomic mass is 16.5. The van der Waals surface area contributed by atoms with Crippen LogP contribution < -0.4 is 4.74 Å². The number of rotatable bonds is 4. The minimum Gasteiger partial charge on any atom is -0.485 e. The summed E-state index contributed by atoms with van der Waals surface area (Å²) in [5.41, 5.74) is 0.528. The van der Waals surface area contributed by atoms with E-state index in [4.69, 9.17) is 14.8 Å². The first kappa shape index (κ1) is 20.7. The number of hydrogen-bond donors (Lipinski definition) is 3. The zero-order chi connectivity index (χ0) is 19.4. The maximum Gasteiger partial charge on any atom is 0.482 e. The van der Waals surface area contributed by atoms with E-state index in [-0.39, 0.29) is 7.69 Å². The fourth-order valence-corrected chi connectivity index (χ4v) is 3.14. The Morgan fingerprint density at radius 1 is 1.12 bits per heavy atom. The van der Waals surface area contributed by atoms with Gasteiger partial charge in [-0.2, -0.15) is 0 Å². The molecule has 0 amide bonds. The molecular weight excluding hydrogens is 331 g/mol. The summed E-state index contributed by atoms with van der Waals surface area (Å²) in [5, 5.41) is 24.2. The molecule has 1 aliphatic rings. The van der Waals surface area contributed by atoms with Gasteiger partial charge in [-0.15, -0.1) is 0 Å². The molecule has 1 aromatic carbocycles. The Hall–Kier alpha value is -1.57. The van der Waals surface area contributed by atoms with Crippen LogP contribution in [0.3, 0.4) is 0 Å². The second kappa shape index (κ2) is 8.42. The van der Waals surface area contributed by atoms with Crippen molar-refractivity contribution in [2.75, 3.05) is 0 Å². The van der Waals surface area contributed by atoms with Crippen LogP contribution in [0, 0.1) is 0 Å². The zero-order valence-electron chi connectivity index (χ0n) is 16.1. The van der Waals surface area contributed by atoms with E-state index in [0.29, 0.717) is 6.04 Å². The van der Waals surface area contributed by atoms with Gasteiger partial charge in [-0.25, -0.2) is 4.98 Å². The van der Waals surface area contributed by atoms with E-state index in [0.717, 1.165) is 11.3 Å². The molecule has 1 heterocycles. The Labute approximate surface area is 156 Å². The van der Waals surface area contributed by atoms with Gasteiger partial charge < -0.3 is 24.5 Å². The average molecular weight is 361 g/mol. The molecule has 26 heavy (non-hydrogen) atoms. The van der Waals surface area contributed by atoms with Crippen molar-refractivity contribution in [1.29, 1.82) is 0 Å². The summed E-state index contributed by atoms with van der Waals surface area (Å²) >= 11 is 0. The Balaban J connectivity index is 0.000000758. The van der Waals surface area contributed by atoms with Crippen LogP contribution in [0.4, 0.5) is 0 Å². The number of hydrogen-bond acceptors (Lipinski definition) is 5. The molecule has 0 saturated heterocycles. The van der Waals surface area contributed by atoms with E-state index < -0.39 is 11.2 Å². The van der Waals surface area contributed by atoms with Gasteiger partial charge in [0.25, 0.3) is 0 Å². The van der Waals surface area contributed by atoms with Crippen molar-refractivity contribution in [3.8, 4) is 5.75 Å². The van der Waals surface area contributed by atoms with Crippen LogP contribution in [0.1, 0.15) is 65.8 Å². The molecule has 7 heteroatoms. The minimum absolute atomic E-state index is 0. The molecule has 2 aromatic rings. The third-order valence-electron chi connectivity index (χ3n) is 5.36. The molecule has 0 spiro atoms. The molecule has 0 bridgehead atoms. The third-order valence-corrected chi connectivity index (χ3v) is 5.36. The van der Waals surface area contributed by atoms with Crippen LogP contribution in [0.15, 0.2) is 24.5 Å². The molecule has 1 radical (unpaired) electrons. The van der Waals surface area contributed by atoms with Gasteiger partial charge in [0, 0.05) is 12.1 Å². The summed E-state index contributed by atoms with van der Waals surface area (Å²) in [6, 6.07) is 6.62. The molecular formula is C19H30BN2O4. The van der Waals surface area contributed by atoms with Gasteiger partial charge in [0.1, 0.15) is 11.4 Å². The Bertz CT molecular complexity index is 703. The SMILES string of the molecule is CC(C)(O)C(C)(C)Oc1ccc2c(c1)ncn2C1CCCCC1.O[B]O. The standard InChI is InChI=1S/C19H28N2O2.BH2O2/c1-18(2,22)19(3,4)23-15-10-11-17-16(12-15)20-13-21(17)14-8-6-5-7-9-14;2-1-3/h10-14,22H,5-9H2,1-4H3;2-3H. The van der Waals surface area contributed by atoms with Crippen LogP contribution in [-0.4, -0.2) is 43.6 Å². The molecule has 1 saturated carbocycles. The minimum atomic E-state index is -0.927. The third kappa shape index (κ3) is 4.78. The Morgan fingerprint density at radius 2 is 1.73 bits per heavy atom. The highest BCUT2D eigenvalue weighted by Gasteiger charge is 2.37. The molecule has 0 atom stereocenters. The number of aliphatic hydroxyl groups is 1. The smallest absolute Gasteiger partial charge is 0.482 e. The van der Waals surface area contributed by atoms with E-state index in [1.54, 1.807) is 13.8 Å². The Morgan fingerprint density at radius 3 is 2.31 bits per heavy atom. The lowest BCUT2D eigenvalue weighted by Gasteiger charge is -2.37. The van der Waals surface area contributed by atoms with Crippen molar-refractivity contribution >= 4 is 18.7 Å². The number of benzene rings is 1. The molecule has 3 N–H and O–H groups in total. The fraction of sp³-hybridized carbons (Fsp3) is 0.632. The van der Waals surface area contributed by atoms with Gasteiger partial charge in [-0.1, -0.05) is 19.3 Å². The number of fused-ring (bicyclic) bond motifs is 1. The number of nitrogens with zero attached hydrogens (tertiary/aromatic N) is 2. The maximum atomic E-state index is 10.2. The van der Waals surface area contributed by atoms with Crippen molar-refractivity contribution in [1.82, 2.24) is 9.55 Å². The van der Waals surface area contributed by atoms with Crippen LogP contribution in [-0.2, 0) is 0 Å². The highest BCUT2D eigenvalue weighted by molar-refractivity contribution is 6.13. The van der Waals surface area contributed by atoms with E-state index in [1.807, 2.05) is 32.3 Å². The van der Waals surface area contributed by atoms with E-state index in [2.05, 4.69) is 15.6 Å².